The van der Waals surface area contributed by atoms with E-state index in [-0.39, 0.29) is 11.9 Å². The highest BCUT2D eigenvalue weighted by Gasteiger charge is 2.16. The number of aromatic nitrogens is 2. The molecular weight excluding hydrogens is 438 g/mol. The molecule has 3 aromatic carbocycles. The van der Waals surface area contributed by atoms with Crippen LogP contribution in [0.3, 0.4) is 0 Å². The molecule has 5 aromatic rings. The van der Waals surface area contributed by atoms with Crippen molar-refractivity contribution >= 4 is 37.4 Å². The first kappa shape index (κ1) is 22.4. The van der Waals surface area contributed by atoms with E-state index in [2.05, 4.69) is 78.7 Å². The summed E-state index contributed by atoms with van der Waals surface area (Å²) in [5.74, 6) is -0.0847. The van der Waals surface area contributed by atoms with E-state index in [9.17, 15) is 4.79 Å². The maximum atomic E-state index is 13.0. The minimum absolute atomic E-state index is 0.0847. The fraction of sp³-hybridized carbons (Fsp3) is 0.241. The van der Waals surface area contributed by atoms with Gasteiger partial charge in [0.05, 0.1) is 12.5 Å². The Morgan fingerprint density at radius 3 is 2.74 bits per heavy atom. The molecule has 0 aliphatic heterocycles. The normalized spacial score (nSPS) is 12.3. The molecule has 5 rings (SSSR count). The number of rotatable bonds is 8. The van der Waals surface area contributed by atoms with E-state index in [1.807, 2.05) is 28.0 Å². The Balaban J connectivity index is 1.47. The van der Waals surface area contributed by atoms with Crippen LogP contribution < -0.4 is 5.32 Å². The molecule has 1 atom stereocenters. The quantitative estimate of drug-likeness (QED) is 0.239. The molecule has 5 heteroatoms. The van der Waals surface area contributed by atoms with Crippen molar-refractivity contribution < 1.29 is 4.79 Å². The van der Waals surface area contributed by atoms with Crippen molar-refractivity contribution in [2.45, 2.75) is 45.6 Å². The number of amides is 1. The molecule has 0 aliphatic rings. The van der Waals surface area contributed by atoms with Gasteiger partial charge in [-0.3, -0.25) is 9.36 Å². The highest BCUT2D eigenvalue weighted by molar-refractivity contribution is 7.26. The zero-order valence-electron chi connectivity index (χ0n) is 19.6. The van der Waals surface area contributed by atoms with Gasteiger partial charge >= 0.3 is 0 Å². The van der Waals surface area contributed by atoms with E-state index in [4.69, 9.17) is 0 Å². The van der Waals surface area contributed by atoms with E-state index in [1.54, 1.807) is 12.5 Å². The van der Waals surface area contributed by atoms with Gasteiger partial charge < -0.3 is 5.32 Å². The summed E-state index contributed by atoms with van der Waals surface area (Å²) in [6, 6.07) is 23.5. The van der Waals surface area contributed by atoms with Crippen LogP contribution in [0.4, 0.5) is 0 Å². The van der Waals surface area contributed by atoms with Gasteiger partial charge in [0.25, 0.3) is 5.91 Å². The van der Waals surface area contributed by atoms with Gasteiger partial charge in [-0.25, -0.2) is 4.98 Å². The molecule has 0 saturated heterocycles. The van der Waals surface area contributed by atoms with Gasteiger partial charge in [0.15, 0.2) is 0 Å². The second-order valence-electron chi connectivity index (χ2n) is 8.85. The van der Waals surface area contributed by atoms with Crippen molar-refractivity contribution in [2.75, 3.05) is 0 Å². The minimum atomic E-state index is -0.0847. The zero-order chi connectivity index (χ0) is 23.5. The summed E-state index contributed by atoms with van der Waals surface area (Å²) in [7, 11) is 0. The van der Waals surface area contributed by atoms with Crippen LogP contribution in [0.5, 0.6) is 0 Å². The molecule has 1 N–H and O–H groups in total. The molecule has 0 radical (unpaired) electrons. The summed E-state index contributed by atoms with van der Waals surface area (Å²) in [5, 5.41) is 5.71. The summed E-state index contributed by atoms with van der Waals surface area (Å²) < 4.78 is 4.45. The fourth-order valence-corrected chi connectivity index (χ4v) is 5.78. The van der Waals surface area contributed by atoms with Crippen LogP contribution in [0, 0.1) is 0 Å². The smallest absolute Gasteiger partial charge is 0.270 e. The first-order valence-corrected chi connectivity index (χ1v) is 12.8. The molecule has 0 bridgehead atoms. The van der Waals surface area contributed by atoms with E-state index in [0.717, 1.165) is 24.1 Å². The number of nitrogens with zero attached hydrogens (tertiary/aromatic N) is 2. The summed E-state index contributed by atoms with van der Waals surface area (Å²) in [6.45, 7) is 4.26. The third-order valence-corrected chi connectivity index (χ3v) is 7.55. The van der Waals surface area contributed by atoms with E-state index in [0.29, 0.717) is 5.69 Å². The molecule has 0 saturated carbocycles. The number of benzene rings is 3. The lowest BCUT2D eigenvalue weighted by Gasteiger charge is -2.15. The molecule has 0 spiro atoms. The molecule has 0 fully saturated rings. The van der Waals surface area contributed by atoms with E-state index < -0.39 is 0 Å². The Kier molecular flexibility index (Phi) is 6.45. The Morgan fingerprint density at radius 1 is 1.03 bits per heavy atom. The molecule has 4 nitrogen and oxygen atoms in total. The first-order chi connectivity index (χ1) is 16.7. The number of nitrogens with one attached hydrogen (secondary N) is 1. The van der Waals surface area contributed by atoms with Crippen LogP contribution in [0.25, 0.3) is 37.0 Å². The van der Waals surface area contributed by atoms with Gasteiger partial charge in [-0.05, 0) is 42.7 Å². The first-order valence-electron chi connectivity index (χ1n) is 12.0. The SMILES string of the molecule is CCCCCC(C)NC(=O)c1cncn1-c1cccc(-c2cccc3c2sc2ccccc23)c1. The predicted octanol–water partition coefficient (Wildman–Crippen LogP) is 7.61. The number of thiophene rings is 1. The number of hydrogen-bond acceptors (Lipinski definition) is 3. The molecule has 2 heterocycles. The van der Waals surface area contributed by atoms with Crippen molar-refractivity contribution in [3.05, 3.63) is 84.9 Å². The Morgan fingerprint density at radius 2 is 1.85 bits per heavy atom. The molecule has 2 aromatic heterocycles. The van der Waals surface area contributed by atoms with E-state index >= 15 is 0 Å². The molecular formula is C29H29N3OS. The van der Waals surface area contributed by atoms with Crippen molar-refractivity contribution in [3.8, 4) is 16.8 Å². The van der Waals surface area contributed by atoms with Crippen molar-refractivity contribution in [1.29, 1.82) is 0 Å². The predicted molar refractivity (Wildman–Crippen MR) is 143 cm³/mol. The molecule has 1 unspecified atom stereocenters. The Hall–Kier alpha value is -3.44. The standard InChI is InChI=1S/C29H29N3OS/c1-3-4-5-10-20(2)31-29(33)26-18-30-19-32(26)22-12-8-11-21(17-22)23-14-9-15-25-24-13-6-7-16-27(24)34-28(23)25/h6-9,11-20H,3-5,10H2,1-2H3,(H,31,33). The lowest BCUT2D eigenvalue weighted by molar-refractivity contribution is 0.0931. The minimum Gasteiger partial charge on any atom is -0.348 e. The summed E-state index contributed by atoms with van der Waals surface area (Å²) in [5.41, 5.74) is 3.82. The molecule has 172 valence electrons. The number of carbonyl (C=O) groups is 1. The summed E-state index contributed by atoms with van der Waals surface area (Å²) >= 11 is 1.83. The highest BCUT2D eigenvalue weighted by Crippen LogP contribution is 2.40. The highest BCUT2D eigenvalue weighted by atomic mass is 32.1. The lowest BCUT2D eigenvalue weighted by Crippen LogP contribution is -2.33. The van der Waals surface area contributed by atoms with Gasteiger partial charge in [-0.2, -0.15) is 0 Å². The number of carbonyl (C=O) groups excluding carboxylic acids is 1. The van der Waals surface area contributed by atoms with Gasteiger partial charge in [0.2, 0.25) is 0 Å². The average Bonchev–Trinajstić information content (AvgIpc) is 3.49. The average molecular weight is 468 g/mol. The molecule has 34 heavy (non-hydrogen) atoms. The Labute approximate surface area is 204 Å². The number of imidazole rings is 1. The van der Waals surface area contributed by atoms with Crippen molar-refractivity contribution in [2.24, 2.45) is 0 Å². The van der Waals surface area contributed by atoms with Crippen LogP contribution in [-0.4, -0.2) is 21.5 Å². The third-order valence-electron chi connectivity index (χ3n) is 6.33. The molecule has 1 amide bonds. The number of fused-ring (bicyclic) bond motifs is 3. The second kappa shape index (κ2) is 9.82. The Bertz CT molecular complexity index is 1450. The van der Waals surface area contributed by atoms with Crippen LogP contribution in [0.15, 0.2) is 79.3 Å². The molecule has 0 aliphatic carbocycles. The van der Waals surface area contributed by atoms with Crippen LogP contribution >= 0.6 is 11.3 Å². The van der Waals surface area contributed by atoms with Crippen molar-refractivity contribution in [1.82, 2.24) is 14.9 Å². The largest absolute Gasteiger partial charge is 0.348 e. The zero-order valence-corrected chi connectivity index (χ0v) is 20.4. The van der Waals surface area contributed by atoms with Gasteiger partial charge in [-0.1, -0.05) is 74.7 Å². The third kappa shape index (κ3) is 4.36. The van der Waals surface area contributed by atoms with Crippen LogP contribution in [0.2, 0.25) is 0 Å². The number of hydrogen-bond donors (Lipinski definition) is 1. The van der Waals surface area contributed by atoms with E-state index in [1.165, 1.54) is 38.6 Å². The van der Waals surface area contributed by atoms with Gasteiger partial charge in [0, 0.05) is 31.9 Å². The van der Waals surface area contributed by atoms with Gasteiger partial charge in [-0.15, -0.1) is 11.3 Å². The van der Waals surface area contributed by atoms with Crippen molar-refractivity contribution in [3.63, 3.8) is 0 Å². The second-order valence-corrected chi connectivity index (χ2v) is 9.90. The lowest BCUT2D eigenvalue weighted by atomic mass is 10.0. The summed E-state index contributed by atoms with van der Waals surface area (Å²) in [4.78, 5) is 17.3. The number of unbranched alkanes of at least 4 members (excludes halogenated alkanes) is 2. The van der Waals surface area contributed by atoms with Crippen LogP contribution in [0.1, 0.15) is 50.0 Å². The fourth-order valence-electron chi connectivity index (χ4n) is 4.54. The van der Waals surface area contributed by atoms with Gasteiger partial charge in [0.1, 0.15) is 5.69 Å². The maximum absolute atomic E-state index is 13.0. The topological polar surface area (TPSA) is 46.9 Å². The maximum Gasteiger partial charge on any atom is 0.270 e. The van der Waals surface area contributed by atoms with Crippen LogP contribution in [-0.2, 0) is 0 Å². The monoisotopic (exact) mass is 467 g/mol. The summed E-state index contributed by atoms with van der Waals surface area (Å²) in [6.07, 6.45) is 7.85.